The number of aromatic nitrogens is 2. The van der Waals surface area contributed by atoms with Crippen molar-refractivity contribution in [3.8, 4) is 5.75 Å². The third kappa shape index (κ3) is 3.54. The van der Waals surface area contributed by atoms with Gasteiger partial charge in [-0.05, 0) is 32.4 Å². The summed E-state index contributed by atoms with van der Waals surface area (Å²) in [5.74, 6) is 0.479. The molecule has 1 aromatic carbocycles. The molecule has 2 aromatic rings. The van der Waals surface area contributed by atoms with Gasteiger partial charge in [-0.15, -0.1) is 0 Å². The Morgan fingerprint density at radius 1 is 1.29 bits per heavy atom. The highest BCUT2D eigenvalue weighted by Gasteiger charge is 2.41. The number of hydrogen-bond acceptors (Lipinski definition) is 5. The first-order valence-corrected chi connectivity index (χ1v) is 7.98. The molecule has 2 heterocycles. The first-order valence-electron chi connectivity index (χ1n) is 7.98. The molecule has 3 rings (SSSR count). The second kappa shape index (κ2) is 6.57. The third-order valence-corrected chi connectivity index (χ3v) is 4.28. The average molecular weight is 327 g/mol. The zero-order valence-electron chi connectivity index (χ0n) is 13.8. The molecule has 6 nitrogen and oxygen atoms in total. The molecule has 1 N–H and O–H groups in total. The Bertz CT molecular complexity index is 701. The fourth-order valence-electron chi connectivity index (χ4n) is 2.69. The van der Waals surface area contributed by atoms with Crippen LogP contribution in [0, 0.1) is 6.92 Å². The largest absolute Gasteiger partial charge is 0.486 e. The first-order chi connectivity index (χ1) is 11.5. The Kier molecular flexibility index (Phi) is 4.49. The normalized spacial score (nSPS) is 23.8. The predicted molar refractivity (Wildman–Crippen MR) is 88.8 cm³/mol. The van der Waals surface area contributed by atoms with Gasteiger partial charge in [-0.25, -0.2) is 4.98 Å². The summed E-state index contributed by atoms with van der Waals surface area (Å²) in [5, 5.41) is 10.6. The standard InChI is InChI=1S/C18H21N3O3/c1-13-10-20-15(11-19-13)17(22)21-9-8-18(2,23)16(12-21)24-14-6-4-3-5-7-14/h3-7,10-11,16,23H,8-9,12H2,1-2H3/t16-,18-/m1/s1. The summed E-state index contributed by atoms with van der Waals surface area (Å²) in [6.45, 7) is 4.32. The summed E-state index contributed by atoms with van der Waals surface area (Å²) in [4.78, 5) is 22.5. The number of aryl methyl sites for hydroxylation is 1. The van der Waals surface area contributed by atoms with Crippen LogP contribution in [-0.2, 0) is 0 Å². The topological polar surface area (TPSA) is 75.6 Å². The molecule has 24 heavy (non-hydrogen) atoms. The van der Waals surface area contributed by atoms with Gasteiger partial charge < -0.3 is 14.7 Å². The monoisotopic (exact) mass is 327 g/mol. The van der Waals surface area contributed by atoms with Gasteiger partial charge in [-0.1, -0.05) is 18.2 Å². The highest BCUT2D eigenvalue weighted by Crippen LogP contribution is 2.27. The van der Waals surface area contributed by atoms with E-state index in [2.05, 4.69) is 9.97 Å². The van der Waals surface area contributed by atoms with Crippen LogP contribution in [0.5, 0.6) is 5.75 Å². The minimum absolute atomic E-state index is 0.195. The molecule has 1 fully saturated rings. The number of para-hydroxylation sites is 1. The summed E-state index contributed by atoms with van der Waals surface area (Å²) in [7, 11) is 0. The molecular weight excluding hydrogens is 306 g/mol. The molecule has 0 saturated carbocycles. The molecule has 126 valence electrons. The van der Waals surface area contributed by atoms with Crippen LogP contribution in [0.25, 0.3) is 0 Å². The molecule has 1 saturated heterocycles. The smallest absolute Gasteiger partial charge is 0.274 e. The minimum Gasteiger partial charge on any atom is -0.486 e. The van der Waals surface area contributed by atoms with Crippen molar-refractivity contribution in [1.82, 2.24) is 14.9 Å². The van der Waals surface area contributed by atoms with Crippen molar-refractivity contribution in [3.05, 3.63) is 54.1 Å². The van der Waals surface area contributed by atoms with Crippen LogP contribution < -0.4 is 4.74 Å². The lowest BCUT2D eigenvalue weighted by molar-refractivity contribution is -0.0882. The lowest BCUT2D eigenvalue weighted by Gasteiger charge is -2.42. The third-order valence-electron chi connectivity index (χ3n) is 4.28. The number of likely N-dealkylation sites (tertiary alicyclic amines) is 1. The van der Waals surface area contributed by atoms with Crippen LogP contribution in [0.15, 0.2) is 42.7 Å². The van der Waals surface area contributed by atoms with Gasteiger partial charge in [-0.2, -0.15) is 0 Å². The maximum absolute atomic E-state index is 12.6. The van der Waals surface area contributed by atoms with E-state index in [9.17, 15) is 9.90 Å². The Hall–Kier alpha value is -2.47. The van der Waals surface area contributed by atoms with Crippen LogP contribution in [0.1, 0.15) is 29.5 Å². The summed E-state index contributed by atoms with van der Waals surface area (Å²) in [6, 6.07) is 9.32. The lowest BCUT2D eigenvalue weighted by Crippen LogP contribution is -2.57. The second-order valence-corrected chi connectivity index (χ2v) is 6.32. The predicted octanol–water partition coefficient (Wildman–Crippen LogP) is 1.83. The van der Waals surface area contributed by atoms with E-state index in [-0.39, 0.29) is 5.91 Å². The minimum atomic E-state index is -0.994. The molecule has 0 aliphatic carbocycles. The van der Waals surface area contributed by atoms with Crippen LogP contribution in [-0.4, -0.2) is 50.7 Å². The van der Waals surface area contributed by atoms with Crippen molar-refractivity contribution >= 4 is 5.91 Å². The van der Waals surface area contributed by atoms with Crippen molar-refractivity contribution in [2.45, 2.75) is 32.0 Å². The molecule has 1 aliphatic rings. The van der Waals surface area contributed by atoms with Crippen molar-refractivity contribution in [3.63, 3.8) is 0 Å². The molecule has 1 amide bonds. The zero-order valence-corrected chi connectivity index (χ0v) is 13.8. The van der Waals surface area contributed by atoms with Gasteiger partial charge in [0.2, 0.25) is 0 Å². The number of hydrogen-bond donors (Lipinski definition) is 1. The van der Waals surface area contributed by atoms with E-state index in [0.717, 1.165) is 5.69 Å². The number of carbonyl (C=O) groups is 1. The van der Waals surface area contributed by atoms with E-state index in [1.807, 2.05) is 37.3 Å². The molecule has 0 unspecified atom stereocenters. The highest BCUT2D eigenvalue weighted by atomic mass is 16.5. The average Bonchev–Trinajstić information content (AvgIpc) is 2.58. The Morgan fingerprint density at radius 2 is 2.04 bits per heavy atom. The fraction of sp³-hybridized carbons (Fsp3) is 0.389. The Morgan fingerprint density at radius 3 is 2.71 bits per heavy atom. The van der Waals surface area contributed by atoms with Crippen molar-refractivity contribution in [1.29, 1.82) is 0 Å². The number of amides is 1. The Balaban J connectivity index is 1.75. The van der Waals surface area contributed by atoms with Gasteiger partial charge in [0.25, 0.3) is 5.91 Å². The van der Waals surface area contributed by atoms with Crippen LogP contribution >= 0.6 is 0 Å². The van der Waals surface area contributed by atoms with Gasteiger partial charge in [0.1, 0.15) is 23.1 Å². The van der Waals surface area contributed by atoms with E-state index >= 15 is 0 Å². The molecule has 0 radical (unpaired) electrons. The molecule has 0 spiro atoms. The lowest BCUT2D eigenvalue weighted by atomic mass is 9.90. The molecule has 0 bridgehead atoms. The molecule has 1 aromatic heterocycles. The van der Waals surface area contributed by atoms with E-state index in [1.165, 1.54) is 6.20 Å². The maximum atomic E-state index is 12.6. The fourth-order valence-corrected chi connectivity index (χ4v) is 2.69. The summed E-state index contributed by atoms with van der Waals surface area (Å²) >= 11 is 0. The zero-order chi connectivity index (χ0) is 17.2. The number of carbonyl (C=O) groups excluding carboxylic acids is 1. The summed E-state index contributed by atoms with van der Waals surface area (Å²) < 4.78 is 5.93. The number of rotatable bonds is 3. The van der Waals surface area contributed by atoms with E-state index in [0.29, 0.717) is 31.0 Å². The maximum Gasteiger partial charge on any atom is 0.274 e. The van der Waals surface area contributed by atoms with Crippen molar-refractivity contribution in [2.75, 3.05) is 13.1 Å². The number of nitrogens with zero attached hydrogens (tertiary/aromatic N) is 3. The van der Waals surface area contributed by atoms with E-state index in [1.54, 1.807) is 18.0 Å². The van der Waals surface area contributed by atoms with Gasteiger partial charge >= 0.3 is 0 Å². The van der Waals surface area contributed by atoms with E-state index in [4.69, 9.17) is 4.74 Å². The Labute approximate surface area is 141 Å². The van der Waals surface area contributed by atoms with Crippen molar-refractivity contribution < 1.29 is 14.6 Å². The van der Waals surface area contributed by atoms with Crippen LogP contribution in [0.4, 0.5) is 0 Å². The number of ether oxygens (including phenoxy) is 1. The van der Waals surface area contributed by atoms with Gasteiger partial charge in [0.15, 0.2) is 0 Å². The second-order valence-electron chi connectivity index (χ2n) is 6.32. The van der Waals surface area contributed by atoms with Gasteiger partial charge in [0, 0.05) is 12.7 Å². The molecule has 2 atom stereocenters. The molecule has 6 heteroatoms. The quantitative estimate of drug-likeness (QED) is 0.931. The highest BCUT2D eigenvalue weighted by molar-refractivity contribution is 5.92. The summed E-state index contributed by atoms with van der Waals surface area (Å²) in [6.07, 6.45) is 2.99. The van der Waals surface area contributed by atoms with E-state index < -0.39 is 11.7 Å². The van der Waals surface area contributed by atoms with Gasteiger partial charge in [0.05, 0.1) is 18.4 Å². The number of aliphatic hydroxyl groups is 1. The van der Waals surface area contributed by atoms with Gasteiger partial charge in [-0.3, -0.25) is 9.78 Å². The molecular formula is C18H21N3O3. The summed E-state index contributed by atoms with van der Waals surface area (Å²) in [5.41, 5.74) is 0.0741. The first kappa shape index (κ1) is 16.4. The number of benzene rings is 1. The molecule has 1 aliphatic heterocycles. The number of piperidine rings is 1. The SMILES string of the molecule is Cc1cnc(C(=O)N2CC[C@@](C)(O)[C@H](Oc3ccccc3)C2)cn1. The van der Waals surface area contributed by atoms with Crippen molar-refractivity contribution in [2.24, 2.45) is 0 Å². The van der Waals surface area contributed by atoms with Crippen LogP contribution in [0.2, 0.25) is 0 Å². The van der Waals surface area contributed by atoms with Crippen LogP contribution in [0.3, 0.4) is 0 Å².